The van der Waals surface area contributed by atoms with Crippen molar-refractivity contribution in [3.05, 3.63) is 70.4 Å². The molecule has 1 unspecified atom stereocenters. The van der Waals surface area contributed by atoms with Crippen molar-refractivity contribution >= 4 is 22.6 Å². The summed E-state index contributed by atoms with van der Waals surface area (Å²) in [6.45, 7) is 0.888. The van der Waals surface area contributed by atoms with Crippen molar-refractivity contribution in [3.63, 3.8) is 0 Å². The van der Waals surface area contributed by atoms with Crippen LogP contribution >= 0.6 is 11.6 Å². The maximum atomic E-state index is 6.01. The number of halogens is 1. The molecule has 0 saturated heterocycles. The highest BCUT2D eigenvalue weighted by molar-refractivity contribution is 6.31. The minimum absolute atomic E-state index is 0.141. The molecule has 0 fully saturated rings. The van der Waals surface area contributed by atoms with E-state index >= 15 is 0 Å². The smallest absolute Gasteiger partial charge is 0.134 e. The van der Waals surface area contributed by atoms with Gasteiger partial charge in [-0.1, -0.05) is 35.9 Å². The van der Waals surface area contributed by atoms with Crippen LogP contribution in [0.1, 0.15) is 22.9 Å². The summed E-state index contributed by atoms with van der Waals surface area (Å²) in [6, 6.07) is 16.4. The molecule has 0 amide bonds. The average molecular weight is 270 g/mol. The Hall–Kier alpha value is -1.77. The summed E-state index contributed by atoms with van der Waals surface area (Å²) in [6.07, 6.45) is 0. The van der Waals surface area contributed by atoms with Gasteiger partial charge in [0, 0.05) is 17.0 Å². The summed E-state index contributed by atoms with van der Waals surface area (Å²) >= 11 is 6.01. The Kier molecular flexibility index (Phi) is 2.40. The highest BCUT2D eigenvalue weighted by atomic mass is 35.5. The molecular formula is C16H12ClNO. The topological polar surface area (TPSA) is 25.2 Å². The zero-order valence-electron chi connectivity index (χ0n) is 10.2. The van der Waals surface area contributed by atoms with Crippen molar-refractivity contribution in [3.8, 4) is 0 Å². The second-order valence-electron chi connectivity index (χ2n) is 4.84. The molecule has 1 N–H and O–H groups in total. The highest BCUT2D eigenvalue weighted by Crippen LogP contribution is 2.34. The SMILES string of the molecule is Clc1ccc2oc(C3NCc4ccccc43)cc2c1. The molecule has 1 aromatic heterocycles. The summed E-state index contributed by atoms with van der Waals surface area (Å²) in [7, 11) is 0. The largest absolute Gasteiger partial charge is 0.459 e. The van der Waals surface area contributed by atoms with Crippen LogP contribution in [0.15, 0.2) is 52.9 Å². The monoisotopic (exact) mass is 269 g/mol. The molecule has 19 heavy (non-hydrogen) atoms. The van der Waals surface area contributed by atoms with Crippen LogP contribution in [0.5, 0.6) is 0 Å². The Morgan fingerprint density at radius 2 is 2.00 bits per heavy atom. The Morgan fingerprint density at radius 1 is 1.11 bits per heavy atom. The average Bonchev–Trinajstić information content (AvgIpc) is 3.00. The molecule has 1 aliphatic heterocycles. The summed E-state index contributed by atoms with van der Waals surface area (Å²) < 4.78 is 5.94. The van der Waals surface area contributed by atoms with Gasteiger partial charge in [0.2, 0.25) is 0 Å². The molecule has 2 aromatic carbocycles. The zero-order valence-corrected chi connectivity index (χ0v) is 10.9. The molecule has 0 saturated carbocycles. The number of hydrogen-bond donors (Lipinski definition) is 1. The normalized spacial score (nSPS) is 17.8. The van der Waals surface area contributed by atoms with E-state index in [-0.39, 0.29) is 6.04 Å². The van der Waals surface area contributed by atoms with Gasteiger partial charge < -0.3 is 4.42 Å². The second kappa shape index (κ2) is 4.12. The standard InChI is InChI=1S/C16H12ClNO/c17-12-5-6-14-11(7-12)8-15(19-14)16-13-4-2-1-3-10(13)9-18-16/h1-8,16,18H,9H2. The number of furan rings is 1. The third-order valence-electron chi connectivity index (χ3n) is 3.64. The molecule has 3 heteroatoms. The molecule has 1 aliphatic rings. The van der Waals surface area contributed by atoms with Crippen LogP contribution < -0.4 is 5.32 Å². The fourth-order valence-corrected chi connectivity index (χ4v) is 2.91. The summed E-state index contributed by atoms with van der Waals surface area (Å²) in [5.41, 5.74) is 3.52. The van der Waals surface area contributed by atoms with E-state index < -0.39 is 0 Å². The quantitative estimate of drug-likeness (QED) is 0.713. The summed E-state index contributed by atoms with van der Waals surface area (Å²) in [5.74, 6) is 0.946. The first-order chi connectivity index (χ1) is 9.31. The van der Waals surface area contributed by atoms with E-state index in [4.69, 9.17) is 16.0 Å². The van der Waals surface area contributed by atoms with Gasteiger partial charge in [-0.05, 0) is 35.4 Å². The van der Waals surface area contributed by atoms with Crippen LogP contribution in [0.4, 0.5) is 0 Å². The van der Waals surface area contributed by atoms with Gasteiger partial charge in [0.1, 0.15) is 11.3 Å². The Bertz CT molecular complexity index is 762. The van der Waals surface area contributed by atoms with Crippen molar-refractivity contribution in [2.45, 2.75) is 12.6 Å². The van der Waals surface area contributed by atoms with Crippen LogP contribution in [-0.2, 0) is 6.54 Å². The third-order valence-corrected chi connectivity index (χ3v) is 3.88. The molecular weight excluding hydrogens is 258 g/mol. The van der Waals surface area contributed by atoms with Gasteiger partial charge >= 0.3 is 0 Å². The van der Waals surface area contributed by atoms with Crippen LogP contribution in [0.25, 0.3) is 11.0 Å². The van der Waals surface area contributed by atoms with Crippen LogP contribution in [0, 0.1) is 0 Å². The summed E-state index contributed by atoms with van der Waals surface area (Å²) in [4.78, 5) is 0. The van der Waals surface area contributed by atoms with E-state index in [1.165, 1.54) is 11.1 Å². The maximum absolute atomic E-state index is 6.01. The molecule has 0 spiro atoms. The predicted molar refractivity (Wildman–Crippen MR) is 76.3 cm³/mol. The Morgan fingerprint density at radius 3 is 2.95 bits per heavy atom. The second-order valence-corrected chi connectivity index (χ2v) is 5.28. The first-order valence-corrected chi connectivity index (χ1v) is 6.69. The van der Waals surface area contributed by atoms with Crippen LogP contribution in [-0.4, -0.2) is 0 Å². The van der Waals surface area contributed by atoms with E-state index in [2.05, 4.69) is 35.6 Å². The number of hydrogen-bond acceptors (Lipinski definition) is 2. The van der Waals surface area contributed by atoms with E-state index in [0.29, 0.717) is 0 Å². The van der Waals surface area contributed by atoms with Gasteiger partial charge in [0.25, 0.3) is 0 Å². The molecule has 1 atom stereocenters. The first-order valence-electron chi connectivity index (χ1n) is 6.31. The Balaban J connectivity index is 1.83. The van der Waals surface area contributed by atoms with Gasteiger partial charge in [0.05, 0.1) is 6.04 Å². The zero-order chi connectivity index (χ0) is 12.8. The summed E-state index contributed by atoms with van der Waals surface area (Å²) in [5, 5.41) is 5.27. The van der Waals surface area contributed by atoms with Gasteiger partial charge in [0.15, 0.2) is 0 Å². The lowest BCUT2D eigenvalue weighted by Crippen LogP contribution is -2.12. The Labute approximate surface area is 116 Å². The van der Waals surface area contributed by atoms with Gasteiger partial charge in [-0.3, -0.25) is 5.32 Å². The number of nitrogens with one attached hydrogen (secondary N) is 1. The molecule has 2 heterocycles. The highest BCUT2D eigenvalue weighted by Gasteiger charge is 2.25. The van der Waals surface area contributed by atoms with Crippen molar-refractivity contribution in [2.75, 3.05) is 0 Å². The van der Waals surface area contributed by atoms with Crippen LogP contribution in [0.3, 0.4) is 0 Å². The molecule has 0 radical (unpaired) electrons. The van der Waals surface area contributed by atoms with Crippen molar-refractivity contribution in [1.29, 1.82) is 0 Å². The van der Waals surface area contributed by atoms with E-state index in [9.17, 15) is 0 Å². The fraction of sp³-hybridized carbons (Fsp3) is 0.125. The van der Waals surface area contributed by atoms with Crippen molar-refractivity contribution in [2.24, 2.45) is 0 Å². The molecule has 2 nitrogen and oxygen atoms in total. The minimum atomic E-state index is 0.141. The van der Waals surface area contributed by atoms with E-state index in [1.54, 1.807) is 0 Å². The molecule has 0 aliphatic carbocycles. The minimum Gasteiger partial charge on any atom is -0.459 e. The van der Waals surface area contributed by atoms with Crippen LogP contribution in [0.2, 0.25) is 5.02 Å². The lowest BCUT2D eigenvalue weighted by atomic mass is 10.0. The van der Waals surface area contributed by atoms with E-state index in [0.717, 1.165) is 28.3 Å². The van der Waals surface area contributed by atoms with Gasteiger partial charge in [-0.2, -0.15) is 0 Å². The van der Waals surface area contributed by atoms with Crippen molar-refractivity contribution < 1.29 is 4.42 Å². The maximum Gasteiger partial charge on any atom is 0.134 e. The van der Waals surface area contributed by atoms with Gasteiger partial charge in [-0.25, -0.2) is 0 Å². The molecule has 0 bridgehead atoms. The number of rotatable bonds is 1. The lowest BCUT2D eigenvalue weighted by molar-refractivity contribution is 0.490. The number of fused-ring (bicyclic) bond motifs is 2. The molecule has 3 aromatic rings. The van der Waals surface area contributed by atoms with Gasteiger partial charge in [-0.15, -0.1) is 0 Å². The predicted octanol–water partition coefficient (Wildman–Crippen LogP) is 4.28. The third kappa shape index (κ3) is 1.76. The fourth-order valence-electron chi connectivity index (χ4n) is 2.73. The number of benzene rings is 2. The van der Waals surface area contributed by atoms with Crippen molar-refractivity contribution in [1.82, 2.24) is 5.32 Å². The first kappa shape index (κ1) is 11.1. The molecule has 4 rings (SSSR count). The lowest BCUT2D eigenvalue weighted by Gasteiger charge is -2.08. The van der Waals surface area contributed by atoms with E-state index in [1.807, 2.05) is 18.2 Å². The molecule has 94 valence electrons.